The smallest absolute Gasteiger partial charge is 0.407 e. The molecule has 0 aliphatic heterocycles. The highest BCUT2D eigenvalue weighted by Crippen LogP contribution is 2.25. The molecule has 0 saturated heterocycles. The molecule has 0 bridgehead atoms. The molecule has 1 amide bonds. The number of alkyl carbamates (subject to hydrolysis) is 1. The number of Topliss-reactive ketones (excluding diaryl/α,β-unsaturated/α-hetero) is 1. The van der Waals surface area contributed by atoms with Crippen molar-refractivity contribution in [1.29, 1.82) is 0 Å². The summed E-state index contributed by atoms with van der Waals surface area (Å²) in [6.07, 6.45) is 3.79. The van der Waals surface area contributed by atoms with Gasteiger partial charge in [-0.2, -0.15) is 0 Å². The van der Waals surface area contributed by atoms with Gasteiger partial charge < -0.3 is 10.1 Å². The van der Waals surface area contributed by atoms with Crippen LogP contribution in [0.5, 0.6) is 0 Å². The van der Waals surface area contributed by atoms with E-state index in [2.05, 4.69) is 35.6 Å². The summed E-state index contributed by atoms with van der Waals surface area (Å²) in [4.78, 5) is 26.4. The highest BCUT2D eigenvalue weighted by atomic mass is 35.5. The third-order valence-electron chi connectivity index (χ3n) is 6.09. The number of rotatable bonds is 12. The molecule has 4 aromatic rings. The molecule has 0 unspecified atom stereocenters. The third kappa shape index (κ3) is 8.51. The molecule has 0 saturated carbocycles. The second-order valence-corrected chi connectivity index (χ2v) is 10.3. The van der Waals surface area contributed by atoms with Crippen LogP contribution in [0.1, 0.15) is 11.1 Å². The van der Waals surface area contributed by atoms with E-state index in [4.69, 9.17) is 16.3 Å². The first-order valence-corrected chi connectivity index (χ1v) is 14.0. The van der Waals surface area contributed by atoms with E-state index in [1.54, 1.807) is 11.8 Å². The Balaban J connectivity index is 1.46. The van der Waals surface area contributed by atoms with Crippen LogP contribution in [0.25, 0.3) is 10.8 Å². The highest BCUT2D eigenvalue weighted by molar-refractivity contribution is 7.99. The second-order valence-electron chi connectivity index (χ2n) is 8.91. The van der Waals surface area contributed by atoms with Crippen LogP contribution in [-0.2, 0) is 22.6 Å². The van der Waals surface area contributed by atoms with Crippen molar-refractivity contribution in [2.24, 2.45) is 5.92 Å². The molecule has 4 nitrogen and oxygen atoms in total. The Bertz CT molecular complexity index is 1360. The number of carbonyl (C=O) groups is 2. The maximum Gasteiger partial charge on any atom is 0.407 e. The topological polar surface area (TPSA) is 55.4 Å². The number of carbonyl (C=O) groups excluding carboxylic acids is 2. The van der Waals surface area contributed by atoms with Crippen LogP contribution in [0, 0.1) is 5.92 Å². The summed E-state index contributed by atoms with van der Waals surface area (Å²) in [6.45, 7) is 0.183. The maximum atomic E-state index is 12.7. The van der Waals surface area contributed by atoms with Gasteiger partial charge in [-0.1, -0.05) is 103 Å². The molecule has 0 aromatic heterocycles. The van der Waals surface area contributed by atoms with Crippen LogP contribution in [0.2, 0.25) is 0 Å². The Morgan fingerprint density at radius 1 is 0.816 bits per heavy atom. The van der Waals surface area contributed by atoms with Crippen LogP contribution in [0.3, 0.4) is 0 Å². The van der Waals surface area contributed by atoms with Crippen LogP contribution in [0.4, 0.5) is 4.79 Å². The average molecular weight is 544 g/mol. The van der Waals surface area contributed by atoms with Gasteiger partial charge in [0.05, 0.1) is 11.9 Å². The fourth-order valence-corrected chi connectivity index (χ4v) is 5.17. The summed E-state index contributed by atoms with van der Waals surface area (Å²) >= 11 is 7.56. The van der Waals surface area contributed by atoms with Gasteiger partial charge in [-0.15, -0.1) is 23.4 Å². The van der Waals surface area contributed by atoms with Crippen molar-refractivity contribution >= 4 is 46.0 Å². The van der Waals surface area contributed by atoms with Crippen molar-refractivity contribution in [3.8, 4) is 0 Å². The number of benzene rings is 4. The molecule has 4 rings (SSSR count). The van der Waals surface area contributed by atoms with Gasteiger partial charge >= 0.3 is 6.09 Å². The van der Waals surface area contributed by atoms with E-state index in [1.165, 1.54) is 5.39 Å². The zero-order valence-corrected chi connectivity index (χ0v) is 22.5. The fourth-order valence-electron chi connectivity index (χ4n) is 4.03. The molecular weight excluding hydrogens is 514 g/mol. The predicted molar refractivity (Wildman–Crippen MR) is 157 cm³/mol. The lowest BCUT2D eigenvalue weighted by atomic mass is 9.95. The number of halogens is 1. The third-order valence-corrected chi connectivity index (χ3v) is 7.46. The van der Waals surface area contributed by atoms with E-state index in [-0.39, 0.29) is 30.2 Å². The van der Waals surface area contributed by atoms with Gasteiger partial charge in [-0.25, -0.2) is 4.79 Å². The Kier molecular flexibility index (Phi) is 10.4. The number of allylic oxidation sites excluding steroid dienone is 1. The van der Waals surface area contributed by atoms with Crippen molar-refractivity contribution in [2.75, 3.05) is 11.6 Å². The number of ether oxygens (including phenoxy) is 1. The highest BCUT2D eigenvalue weighted by Gasteiger charge is 2.17. The van der Waals surface area contributed by atoms with Crippen LogP contribution >= 0.6 is 23.4 Å². The standard InChI is InChI=1S/C32H30ClNO3S/c33-21-31(35)28(19-24-9-3-1-4-10-24)15-17-29(34-32(36)37-22-25-11-5-2-6-12-25)23-38-30-18-16-26-13-7-8-14-27(26)20-30/h1-18,20,28-29H,19,21-23H2,(H,34,36)/b17-15+/t28-,29-/m0/s1. The van der Waals surface area contributed by atoms with Crippen LogP contribution < -0.4 is 5.32 Å². The number of alkyl halides is 1. The molecule has 0 aliphatic carbocycles. The zero-order valence-electron chi connectivity index (χ0n) is 21.0. The summed E-state index contributed by atoms with van der Waals surface area (Å²) in [5, 5.41) is 5.30. The first-order valence-electron chi connectivity index (χ1n) is 12.5. The number of hydrogen-bond donors (Lipinski definition) is 1. The normalized spacial score (nSPS) is 12.8. The van der Waals surface area contributed by atoms with Crippen LogP contribution in [-0.4, -0.2) is 29.6 Å². The maximum absolute atomic E-state index is 12.7. The van der Waals surface area contributed by atoms with Crippen molar-refractivity contribution in [3.63, 3.8) is 0 Å². The quantitative estimate of drug-likeness (QED) is 0.114. The fraction of sp³-hybridized carbons (Fsp3) is 0.188. The van der Waals surface area contributed by atoms with Gasteiger partial charge in [0.1, 0.15) is 6.61 Å². The van der Waals surface area contributed by atoms with Crippen molar-refractivity contribution in [3.05, 3.63) is 126 Å². The minimum atomic E-state index is -0.508. The van der Waals surface area contributed by atoms with Gasteiger partial charge in [0.15, 0.2) is 5.78 Å². The van der Waals surface area contributed by atoms with Gasteiger partial charge in [0.25, 0.3) is 0 Å². The number of thioether (sulfide) groups is 1. The molecule has 1 N–H and O–H groups in total. The first kappa shape index (κ1) is 27.5. The van der Waals surface area contributed by atoms with Crippen molar-refractivity contribution in [2.45, 2.75) is 24.0 Å². The molecule has 4 aromatic carbocycles. The predicted octanol–water partition coefficient (Wildman–Crippen LogP) is 7.45. The Labute approximate surface area is 233 Å². The number of ketones is 1. The summed E-state index contributed by atoms with van der Waals surface area (Å²) in [6, 6.07) is 33.6. The number of amides is 1. The van der Waals surface area contributed by atoms with Gasteiger partial charge in [0.2, 0.25) is 0 Å². The molecule has 0 spiro atoms. The summed E-state index contributed by atoms with van der Waals surface area (Å²) in [5.74, 6) is 0.0670. The molecule has 6 heteroatoms. The first-order chi connectivity index (χ1) is 18.6. The van der Waals surface area contributed by atoms with Gasteiger partial charge in [-0.05, 0) is 40.5 Å². The van der Waals surface area contributed by atoms with E-state index in [1.807, 2.05) is 84.9 Å². The minimum absolute atomic E-state index is 0.0562. The largest absolute Gasteiger partial charge is 0.445 e. The van der Waals surface area contributed by atoms with Gasteiger partial charge in [-0.3, -0.25) is 4.79 Å². The molecule has 194 valence electrons. The monoisotopic (exact) mass is 543 g/mol. The summed E-state index contributed by atoms with van der Waals surface area (Å²) < 4.78 is 5.46. The lowest BCUT2D eigenvalue weighted by Crippen LogP contribution is -2.36. The number of nitrogens with one attached hydrogen (secondary N) is 1. The van der Waals surface area contributed by atoms with Gasteiger partial charge in [0, 0.05) is 16.6 Å². The molecule has 38 heavy (non-hydrogen) atoms. The Hall–Kier alpha value is -3.54. The minimum Gasteiger partial charge on any atom is -0.445 e. The van der Waals surface area contributed by atoms with E-state index in [0.717, 1.165) is 21.4 Å². The lowest BCUT2D eigenvalue weighted by molar-refractivity contribution is -0.119. The van der Waals surface area contributed by atoms with Crippen molar-refractivity contribution < 1.29 is 14.3 Å². The lowest BCUT2D eigenvalue weighted by Gasteiger charge is -2.17. The molecule has 0 radical (unpaired) electrons. The van der Waals surface area contributed by atoms with E-state index in [0.29, 0.717) is 12.2 Å². The molecule has 0 aliphatic rings. The Morgan fingerprint density at radius 2 is 1.47 bits per heavy atom. The van der Waals surface area contributed by atoms with E-state index >= 15 is 0 Å². The Morgan fingerprint density at radius 3 is 2.18 bits per heavy atom. The molecule has 2 atom stereocenters. The summed E-state index contributed by atoms with van der Waals surface area (Å²) in [5.41, 5.74) is 1.97. The molecule has 0 fully saturated rings. The average Bonchev–Trinajstić information content (AvgIpc) is 2.97. The SMILES string of the molecule is O=C(N[C@@H](/C=C/[C@@H](Cc1ccccc1)C(=O)CCl)CSc1ccc2ccccc2c1)OCc1ccccc1. The number of hydrogen-bond acceptors (Lipinski definition) is 4. The molecular formula is C32H30ClNO3S. The molecule has 0 heterocycles. The number of fused-ring (bicyclic) bond motifs is 1. The zero-order chi connectivity index (χ0) is 26.6. The van der Waals surface area contributed by atoms with E-state index in [9.17, 15) is 9.59 Å². The second kappa shape index (κ2) is 14.4. The van der Waals surface area contributed by atoms with Crippen LogP contribution in [0.15, 0.2) is 120 Å². The summed E-state index contributed by atoms with van der Waals surface area (Å²) in [7, 11) is 0. The van der Waals surface area contributed by atoms with Crippen molar-refractivity contribution in [1.82, 2.24) is 5.32 Å². The van der Waals surface area contributed by atoms with E-state index < -0.39 is 6.09 Å².